The topological polar surface area (TPSA) is 12.0 Å². The van der Waals surface area contributed by atoms with E-state index in [1.165, 1.54) is 25.2 Å². The molecule has 0 aromatic rings. The van der Waals surface area contributed by atoms with Crippen molar-refractivity contribution in [3.63, 3.8) is 0 Å². The second-order valence-electron chi connectivity index (χ2n) is 2.21. The molecule has 1 nitrogen and oxygen atoms in total. The van der Waals surface area contributed by atoms with E-state index >= 15 is 0 Å². The highest BCUT2D eigenvalue weighted by Crippen LogP contribution is 2.00. The zero-order valence-electron chi connectivity index (χ0n) is 4.83. The molecule has 2 heteroatoms. The normalized spacial score (nSPS) is 25.3. The lowest BCUT2D eigenvalue weighted by Gasteiger charge is -2.28. The first-order valence-electron chi connectivity index (χ1n) is 2.91. The summed E-state index contributed by atoms with van der Waals surface area (Å²) in [5.41, 5.74) is 0. The van der Waals surface area contributed by atoms with Gasteiger partial charge in [0.05, 0.1) is 0 Å². The molecular formula is C5H12NSi-. The number of hydrogen-bond donors (Lipinski definition) is 1. The maximum absolute atomic E-state index is 3.34. The van der Waals surface area contributed by atoms with Crippen molar-refractivity contribution in [3.05, 3.63) is 0 Å². The third-order valence-corrected chi connectivity index (χ3v) is 3.66. The summed E-state index contributed by atoms with van der Waals surface area (Å²) in [6, 6.07) is 2.95. The minimum atomic E-state index is 0.144. The molecule has 0 aromatic carbocycles. The summed E-state index contributed by atoms with van der Waals surface area (Å²) in [7, 11) is 0.144. The molecule has 1 aliphatic heterocycles. The van der Waals surface area contributed by atoms with Gasteiger partial charge in [0.25, 0.3) is 0 Å². The summed E-state index contributed by atoms with van der Waals surface area (Å²) in [6.45, 7) is 4.99. The van der Waals surface area contributed by atoms with E-state index in [2.05, 4.69) is 11.9 Å². The van der Waals surface area contributed by atoms with Crippen LogP contribution >= 0.6 is 0 Å². The Morgan fingerprint density at radius 2 is 1.86 bits per heavy atom. The lowest BCUT2D eigenvalue weighted by Crippen LogP contribution is -2.30. The predicted molar refractivity (Wildman–Crippen MR) is 34.1 cm³/mol. The predicted octanol–water partition coefficient (Wildman–Crippen LogP) is 0.714. The highest BCUT2D eigenvalue weighted by Gasteiger charge is 1.93. The van der Waals surface area contributed by atoms with Crippen LogP contribution in [0, 0.1) is 0 Å². The van der Waals surface area contributed by atoms with Crippen molar-refractivity contribution < 1.29 is 0 Å². The fourth-order valence-corrected chi connectivity index (χ4v) is 2.31. The smallest absolute Gasteiger partial charge is 0.0350 e. The Balaban J connectivity index is 2.12. The van der Waals surface area contributed by atoms with E-state index < -0.39 is 0 Å². The van der Waals surface area contributed by atoms with Crippen LogP contribution in [0.4, 0.5) is 0 Å². The van der Waals surface area contributed by atoms with Gasteiger partial charge in [0, 0.05) is 0 Å². The van der Waals surface area contributed by atoms with Gasteiger partial charge in [-0.2, -0.15) is 18.6 Å². The lowest BCUT2D eigenvalue weighted by atomic mass is 10.6. The van der Waals surface area contributed by atoms with Gasteiger partial charge in [-0.1, -0.05) is 0 Å². The molecule has 1 aliphatic rings. The van der Waals surface area contributed by atoms with E-state index in [9.17, 15) is 0 Å². The highest BCUT2D eigenvalue weighted by molar-refractivity contribution is 6.57. The third kappa shape index (κ3) is 1.61. The van der Waals surface area contributed by atoms with Gasteiger partial charge < -0.3 is 5.32 Å². The third-order valence-electron chi connectivity index (χ3n) is 1.46. The van der Waals surface area contributed by atoms with E-state index in [0.717, 1.165) is 0 Å². The molecule has 1 rings (SSSR count). The average Bonchev–Trinajstić information content (AvgIpc) is 1.69. The fraction of sp³-hybridized carbons (Fsp3) is 1.00. The first kappa shape index (κ1) is 5.32. The zero-order chi connectivity index (χ0) is 5.11. The Kier molecular flexibility index (Phi) is 1.88. The molecule has 0 spiro atoms. The first-order chi connectivity index (χ1) is 3.39. The Morgan fingerprint density at radius 1 is 1.29 bits per heavy atom. The van der Waals surface area contributed by atoms with Gasteiger partial charge in [-0.05, 0) is 13.1 Å². The lowest BCUT2D eigenvalue weighted by molar-refractivity contribution is 0.722. The number of nitrogens with one attached hydrogen (secondary N) is 1. The molecule has 42 valence electrons. The van der Waals surface area contributed by atoms with Gasteiger partial charge in [0.15, 0.2) is 0 Å². The van der Waals surface area contributed by atoms with Crippen molar-refractivity contribution in [1.82, 2.24) is 5.32 Å². The molecule has 1 fully saturated rings. The van der Waals surface area contributed by atoms with E-state index in [0.29, 0.717) is 0 Å². The van der Waals surface area contributed by atoms with E-state index in [4.69, 9.17) is 0 Å². The van der Waals surface area contributed by atoms with Crippen molar-refractivity contribution in [2.24, 2.45) is 0 Å². The Morgan fingerprint density at radius 3 is 2.14 bits per heavy atom. The van der Waals surface area contributed by atoms with E-state index in [1.807, 2.05) is 0 Å². The molecule has 0 amide bonds. The standard InChI is InChI=1S/C5H12NSi/c1-7-4-2-6-3-5-7/h6H,2-5H2,1H3/q-1. The summed E-state index contributed by atoms with van der Waals surface area (Å²) in [5.74, 6) is 0. The van der Waals surface area contributed by atoms with Crippen LogP contribution in [0.25, 0.3) is 0 Å². The second kappa shape index (κ2) is 2.48. The molecule has 0 bridgehead atoms. The molecule has 0 aromatic heterocycles. The Hall–Kier alpha value is 0.177. The quantitative estimate of drug-likeness (QED) is 0.457. The van der Waals surface area contributed by atoms with Crippen LogP contribution in [0.3, 0.4) is 0 Å². The fourth-order valence-electron chi connectivity index (χ4n) is 0.854. The molecule has 0 aliphatic carbocycles. The molecule has 7 heavy (non-hydrogen) atoms. The van der Waals surface area contributed by atoms with Gasteiger partial charge in [-0.25, -0.2) is 0 Å². The summed E-state index contributed by atoms with van der Waals surface area (Å²) >= 11 is 0. The molecule has 0 unspecified atom stereocenters. The molecule has 0 atom stereocenters. The van der Waals surface area contributed by atoms with Gasteiger partial charge in [0.1, 0.15) is 0 Å². The summed E-state index contributed by atoms with van der Waals surface area (Å²) in [6.07, 6.45) is 0. The van der Waals surface area contributed by atoms with Crippen LogP contribution in [0.15, 0.2) is 0 Å². The van der Waals surface area contributed by atoms with Crippen molar-refractivity contribution in [2.45, 2.75) is 18.6 Å². The zero-order valence-corrected chi connectivity index (χ0v) is 5.83. The average molecular weight is 114 g/mol. The van der Waals surface area contributed by atoms with Crippen molar-refractivity contribution in [1.29, 1.82) is 0 Å². The highest BCUT2D eigenvalue weighted by atomic mass is 28.3. The molecular weight excluding hydrogens is 102 g/mol. The van der Waals surface area contributed by atoms with Crippen LogP contribution in [0.1, 0.15) is 0 Å². The number of rotatable bonds is 0. The van der Waals surface area contributed by atoms with Gasteiger partial charge in [-0.15, -0.1) is 0 Å². The van der Waals surface area contributed by atoms with Crippen molar-refractivity contribution in [2.75, 3.05) is 13.1 Å². The molecule has 1 heterocycles. The minimum Gasteiger partial charge on any atom is -0.323 e. The Labute approximate surface area is 46.7 Å². The van der Waals surface area contributed by atoms with E-state index in [-0.39, 0.29) is 8.80 Å². The van der Waals surface area contributed by atoms with Crippen molar-refractivity contribution >= 4 is 8.80 Å². The summed E-state index contributed by atoms with van der Waals surface area (Å²) < 4.78 is 0. The van der Waals surface area contributed by atoms with Gasteiger partial charge in [0.2, 0.25) is 0 Å². The maximum Gasteiger partial charge on any atom is -0.0350 e. The van der Waals surface area contributed by atoms with Crippen molar-refractivity contribution in [3.8, 4) is 0 Å². The van der Waals surface area contributed by atoms with Crippen LogP contribution in [0.2, 0.25) is 18.6 Å². The SMILES string of the molecule is C[Si-]1CCNCC1. The molecule has 1 saturated heterocycles. The second-order valence-corrected chi connectivity index (χ2v) is 5.12. The Bertz CT molecular complexity index is 50.0. The molecule has 0 saturated carbocycles. The van der Waals surface area contributed by atoms with E-state index in [1.54, 1.807) is 0 Å². The summed E-state index contributed by atoms with van der Waals surface area (Å²) in [4.78, 5) is 0. The van der Waals surface area contributed by atoms with Crippen LogP contribution in [-0.2, 0) is 0 Å². The molecule has 0 radical (unpaired) electrons. The largest absolute Gasteiger partial charge is 0.323 e. The molecule has 1 N–H and O–H groups in total. The van der Waals surface area contributed by atoms with Crippen LogP contribution in [0.5, 0.6) is 0 Å². The summed E-state index contributed by atoms with van der Waals surface area (Å²) in [5, 5.41) is 3.34. The monoisotopic (exact) mass is 114 g/mol. The van der Waals surface area contributed by atoms with Gasteiger partial charge >= 0.3 is 0 Å². The minimum absolute atomic E-state index is 0.144. The maximum atomic E-state index is 3.34. The van der Waals surface area contributed by atoms with Crippen LogP contribution < -0.4 is 5.32 Å². The van der Waals surface area contributed by atoms with Crippen LogP contribution in [-0.4, -0.2) is 21.9 Å². The number of hydrogen-bond acceptors (Lipinski definition) is 1. The van der Waals surface area contributed by atoms with Gasteiger partial charge in [-0.3, -0.25) is 8.80 Å². The first-order valence-corrected chi connectivity index (χ1v) is 5.33.